The summed E-state index contributed by atoms with van der Waals surface area (Å²) in [5.74, 6) is 1.65. The Kier molecular flexibility index (Phi) is 3.63. The van der Waals surface area contributed by atoms with Gasteiger partial charge in [0.1, 0.15) is 16.5 Å². The van der Waals surface area contributed by atoms with Crippen molar-refractivity contribution in [2.24, 2.45) is 5.73 Å². The lowest BCUT2D eigenvalue weighted by Crippen LogP contribution is -2.08. The van der Waals surface area contributed by atoms with Gasteiger partial charge in [0, 0.05) is 5.56 Å². The molecule has 2 rings (SSSR count). The number of thiocarbonyl (C=S) groups is 1. The van der Waals surface area contributed by atoms with E-state index in [4.69, 9.17) is 22.7 Å². The van der Waals surface area contributed by atoms with Crippen LogP contribution in [0.1, 0.15) is 16.7 Å². The molecule has 3 heteroatoms. The zero-order chi connectivity index (χ0) is 13.1. The first-order valence-corrected chi connectivity index (χ1v) is 6.12. The van der Waals surface area contributed by atoms with Crippen LogP contribution in [0, 0.1) is 13.8 Å². The van der Waals surface area contributed by atoms with Crippen LogP contribution in [0.15, 0.2) is 42.5 Å². The van der Waals surface area contributed by atoms with Crippen LogP contribution in [0.25, 0.3) is 0 Å². The molecule has 0 saturated carbocycles. The van der Waals surface area contributed by atoms with Gasteiger partial charge in [0.05, 0.1) is 0 Å². The Hall–Kier alpha value is -1.87. The van der Waals surface area contributed by atoms with E-state index in [9.17, 15) is 0 Å². The minimum absolute atomic E-state index is 0.397. The fraction of sp³-hybridized carbons (Fsp3) is 0.133. The Morgan fingerprint density at radius 2 is 1.72 bits per heavy atom. The van der Waals surface area contributed by atoms with E-state index in [1.54, 1.807) is 0 Å². The van der Waals surface area contributed by atoms with Crippen molar-refractivity contribution in [3.05, 3.63) is 59.2 Å². The van der Waals surface area contributed by atoms with Gasteiger partial charge in [-0.15, -0.1) is 0 Å². The van der Waals surface area contributed by atoms with E-state index in [-0.39, 0.29) is 0 Å². The topological polar surface area (TPSA) is 35.2 Å². The largest absolute Gasteiger partial charge is 0.457 e. The average Bonchev–Trinajstić information content (AvgIpc) is 2.34. The number of hydrogen-bond donors (Lipinski definition) is 1. The second-order valence-electron chi connectivity index (χ2n) is 4.26. The van der Waals surface area contributed by atoms with Crippen LogP contribution in [-0.2, 0) is 0 Å². The third-order valence-corrected chi connectivity index (χ3v) is 2.95. The fourth-order valence-corrected chi connectivity index (χ4v) is 1.77. The van der Waals surface area contributed by atoms with Crippen LogP contribution in [0.2, 0.25) is 0 Å². The van der Waals surface area contributed by atoms with Crippen molar-refractivity contribution in [3.63, 3.8) is 0 Å². The molecule has 92 valence electrons. The van der Waals surface area contributed by atoms with Crippen LogP contribution < -0.4 is 10.5 Å². The van der Waals surface area contributed by atoms with Crippen molar-refractivity contribution in [1.82, 2.24) is 0 Å². The summed E-state index contributed by atoms with van der Waals surface area (Å²) in [6, 6.07) is 13.6. The van der Waals surface area contributed by atoms with Crippen LogP contribution >= 0.6 is 12.2 Å². The monoisotopic (exact) mass is 257 g/mol. The first kappa shape index (κ1) is 12.6. The number of aryl methyl sites for hydroxylation is 2. The number of benzene rings is 2. The molecule has 0 fully saturated rings. The summed E-state index contributed by atoms with van der Waals surface area (Å²) in [6.45, 7) is 4.07. The predicted molar refractivity (Wildman–Crippen MR) is 78.3 cm³/mol. The molecular formula is C15H15NOS. The molecule has 0 unspecified atom stereocenters. The zero-order valence-corrected chi connectivity index (χ0v) is 11.3. The maximum absolute atomic E-state index is 5.84. The number of rotatable bonds is 3. The van der Waals surface area contributed by atoms with E-state index in [0.29, 0.717) is 4.99 Å². The van der Waals surface area contributed by atoms with Crippen molar-refractivity contribution in [2.45, 2.75) is 13.8 Å². The van der Waals surface area contributed by atoms with Crippen LogP contribution in [-0.4, -0.2) is 4.99 Å². The molecule has 2 aromatic carbocycles. The average molecular weight is 257 g/mol. The summed E-state index contributed by atoms with van der Waals surface area (Å²) in [7, 11) is 0. The number of nitrogens with two attached hydrogens (primary N) is 1. The van der Waals surface area contributed by atoms with Gasteiger partial charge in [-0.05, 0) is 55.3 Å². The van der Waals surface area contributed by atoms with Gasteiger partial charge in [-0.1, -0.05) is 24.4 Å². The van der Waals surface area contributed by atoms with Crippen molar-refractivity contribution in [3.8, 4) is 11.5 Å². The van der Waals surface area contributed by atoms with E-state index in [0.717, 1.165) is 22.6 Å². The molecule has 0 atom stereocenters. The highest BCUT2D eigenvalue weighted by atomic mass is 32.1. The lowest BCUT2D eigenvalue weighted by molar-refractivity contribution is 0.478. The Balaban J connectivity index is 2.23. The minimum Gasteiger partial charge on any atom is -0.457 e. The molecular weight excluding hydrogens is 242 g/mol. The second-order valence-corrected chi connectivity index (χ2v) is 4.70. The lowest BCUT2D eigenvalue weighted by Gasteiger charge is -2.10. The zero-order valence-electron chi connectivity index (χ0n) is 10.4. The molecule has 0 aliphatic rings. The van der Waals surface area contributed by atoms with E-state index < -0.39 is 0 Å². The maximum atomic E-state index is 5.84. The molecule has 0 saturated heterocycles. The molecule has 2 aromatic rings. The van der Waals surface area contributed by atoms with Gasteiger partial charge in [-0.3, -0.25) is 0 Å². The third kappa shape index (κ3) is 2.87. The molecule has 2 N–H and O–H groups in total. The van der Waals surface area contributed by atoms with E-state index in [1.165, 1.54) is 5.56 Å². The molecule has 0 radical (unpaired) electrons. The number of hydrogen-bond acceptors (Lipinski definition) is 2. The van der Waals surface area contributed by atoms with Crippen LogP contribution in [0.3, 0.4) is 0 Å². The molecule has 18 heavy (non-hydrogen) atoms. The Labute approximate surface area is 112 Å². The molecule has 2 nitrogen and oxygen atoms in total. The Morgan fingerprint density at radius 3 is 2.33 bits per heavy atom. The second kappa shape index (κ2) is 5.19. The fourth-order valence-electron chi connectivity index (χ4n) is 1.63. The predicted octanol–water partition coefficient (Wildman–Crippen LogP) is 3.73. The SMILES string of the molecule is Cc1ccc(C)c(Oc2ccc(C(N)=S)cc2)c1. The van der Waals surface area contributed by atoms with Crippen LogP contribution in [0.5, 0.6) is 11.5 Å². The van der Waals surface area contributed by atoms with Gasteiger partial charge in [-0.2, -0.15) is 0 Å². The lowest BCUT2D eigenvalue weighted by atomic mass is 10.1. The smallest absolute Gasteiger partial charge is 0.130 e. The highest BCUT2D eigenvalue weighted by Crippen LogP contribution is 2.26. The normalized spacial score (nSPS) is 10.1. The van der Waals surface area contributed by atoms with Crippen LogP contribution in [0.4, 0.5) is 0 Å². The summed E-state index contributed by atoms with van der Waals surface area (Å²) >= 11 is 4.91. The van der Waals surface area contributed by atoms with Gasteiger partial charge in [-0.25, -0.2) is 0 Å². The summed E-state index contributed by atoms with van der Waals surface area (Å²) < 4.78 is 5.84. The van der Waals surface area contributed by atoms with Gasteiger partial charge in [0.25, 0.3) is 0 Å². The molecule has 0 spiro atoms. The summed E-state index contributed by atoms with van der Waals surface area (Å²) in [6.07, 6.45) is 0. The van der Waals surface area contributed by atoms with Gasteiger partial charge >= 0.3 is 0 Å². The first-order chi connectivity index (χ1) is 8.56. The van der Waals surface area contributed by atoms with Gasteiger partial charge < -0.3 is 10.5 Å². The summed E-state index contributed by atoms with van der Waals surface area (Å²) in [5, 5.41) is 0. The van der Waals surface area contributed by atoms with Crippen molar-refractivity contribution in [1.29, 1.82) is 0 Å². The standard InChI is InChI=1S/C15H15NOS/c1-10-3-4-11(2)14(9-10)17-13-7-5-12(6-8-13)15(16)18/h3-9H,1-2H3,(H2,16,18). The molecule has 0 bridgehead atoms. The molecule has 0 amide bonds. The molecule has 0 aliphatic carbocycles. The Bertz CT molecular complexity index is 576. The highest BCUT2D eigenvalue weighted by Gasteiger charge is 2.02. The van der Waals surface area contributed by atoms with Gasteiger partial charge in [0.2, 0.25) is 0 Å². The quantitative estimate of drug-likeness (QED) is 0.851. The highest BCUT2D eigenvalue weighted by molar-refractivity contribution is 7.80. The third-order valence-electron chi connectivity index (χ3n) is 2.71. The molecule has 0 aromatic heterocycles. The maximum Gasteiger partial charge on any atom is 0.130 e. The minimum atomic E-state index is 0.397. The first-order valence-electron chi connectivity index (χ1n) is 5.71. The molecule has 0 heterocycles. The van der Waals surface area contributed by atoms with Crippen molar-refractivity contribution in [2.75, 3.05) is 0 Å². The van der Waals surface area contributed by atoms with Crippen molar-refractivity contribution >= 4 is 17.2 Å². The van der Waals surface area contributed by atoms with Gasteiger partial charge in [0.15, 0.2) is 0 Å². The Morgan fingerprint density at radius 1 is 1.06 bits per heavy atom. The molecule has 0 aliphatic heterocycles. The summed E-state index contributed by atoms with van der Waals surface area (Å²) in [4.78, 5) is 0.397. The van der Waals surface area contributed by atoms with E-state index in [1.807, 2.05) is 50.2 Å². The number of ether oxygens (including phenoxy) is 1. The summed E-state index contributed by atoms with van der Waals surface area (Å²) in [5.41, 5.74) is 8.68. The van der Waals surface area contributed by atoms with E-state index in [2.05, 4.69) is 6.07 Å². The van der Waals surface area contributed by atoms with E-state index >= 15 is 0 Å². The van der Waals surface area contributed by atoms with Crippen molar-refractivity contribution < 1.29 is 4.74 Å².